The molecule has 0 saturated heterocycles. The molecule has 0 aromatic rings. The molecule has 0 bridgehead atoms. The van der Waals surface area contributed by atoms with E-state index in [-0.39, 0.29) is 24.5 Å². The fraction of sp³-hybridized carbons (Fsp3) is 0.833. The van der Waals surface area contributed by atoms with Crippen LogP contribution in [0.1, 0.15) is 19.3 Å². The van der Waals surface area contributed by atoms with Crippen molar-refractivity contribution in [2.24, 2.45) is 5.73 Å². The van der Waals surface area contributed by atoms with Crippen molar-refractivity contribution >= 4 is 18.5 Å². The Labute approximate surface area is 71.6 Å². The van der Waals surface area contributed by atoms with Crippen molar-refractivity contribution in [3.05, 3.63) is 0 Å². The molecule has 4 N–H and O–H groups in total. The minimum atomic E-state index is -0.945. The normalized spacial score (nSPS) is 29.2. The minimum Gasteiger partial charge on any atom is -0.465 e. The van der Waals surface area contributed by atoms with Gasteiger partial charge < -0.3 is 16.2 Å². The van der Waals surface area contributed by atoms with E-state index in [9.17, 15) is 4.79 Å². The summed E-state index contributed by atoms with van der Waals surface area (Å²) < 4.78 is 0. The first-order valence-electron chi connectivity index (χ1n) is 3.43. The number of nitrogens with two attached hydrogens (primary N) is 1. The first-order valence-corrected chi connectivity index (χ1v) is 3.43. The molecule has 1 saturated carbocycles. The summed E-state index contributed by atoms with van der Waals surface area (Å²) in [6, 6.07) is 0.282. The second-order valence-corrected chi connectivity index (χ2v) is 2.72. The van der Waals surface area contributed by atoms with Crippen LogP contribution in [0.25, 0.3) is 0 Å². The number of carboxylic acid groups (broad SMARTS) is 1. The third kappa shape index (κ3) is 3.43. The van der Waals surface area contributed by atoms with Crippen LogP contribution in [0.3, 0.4) is 0 Å². The van der Waals surface area contributed by atoms with Crippen LogP contribution in [0.4, 0.5) is 4.79 Å². The Balaban J connectivity index is 0.000001000. The van der Waals surface area contributed by atoms with E-state index in [0.717, 1.165) is 19.3 Å². The molecule has 11 heavy (non-hydrogen) atoms. The summed E-state index contributed by atoms with van der Waals surface area (Å²) in [4.78, 5) is 10.1. The van der Waals surface area contributed by atoms with Gasteiger partial charge in [-0.15, -0.1) is 12.4 Å². The monoisotopic (exact) mass is 180 g/mol. The highest BCUT2D eigenvalue weighted by Crippen LogP contribution is 2.16. The molecule has 4 nitrogen and oxygen atoms in total. The van der Waals surface area contributed by atoms with Gasteiger partial charge in [-0.25, -0.2) is 4.79 Å². The van der Waals surface area contributed by atoms with Gasteiger partial charge in [0.25, 0.3) is 0 Å². The maximum absolute atomic E-state index is 10.1. The molecule has 1 fully saturated rings. The third-order valence-corrected chi connectivity index (χ3v) is 1.80. The van der Waals surface area contributed by atoms with Gasteiger partial charge in [0.1, 0.15) is 0 Å². The zero-order valence-corrected chi connectivity index (χ0v) is 6.93. The number of amides is 1. The lowest BCUT2D eigenvalue weighted by atomic mass is 10.2. The van der Waals surface area contributed by atoms with Gasteiger partial charge >= 0.3 is 6.09 Å². The Hall–Kier alpha value is -0.480. The van der Waals surface area contributed by atoms with Crippen molar-refractivity contribution in [3.8, 4) is 0 Å². The Morgan fingerprint density at radius 3 is 2.55 bits per heavy atom. The summed E-state index contributed by atoms with van der Waals surface area (Å²) in [5, 5.41) is 10.7. The molecule has 2 atom stereocenters. The standard InChI is InChI=1S/C6H12N2O2.ClH/c7-4-1-2-5(3-4)8-6(9)10;/h4-5,8H,1-3,7H2,(H,9,10);1H/t4-,5+;/m1./s1. The van der Waals surface area contributed by atoms with Crippen molar-refractivity contribution in [1.29, 1.82) is 0 Å². The lowest BCUT2D eigenvalue weighted by Gasteiger charge is -2.07. The number of carbonyl (C=O) groups is 1. The Morgan fingerprint density at radius 1 is 1.55 bits per heavy atom. The van der Waals surface area contributed by atoms with E-state index in [1.54, 1.807) is 0 Å². The van der Waals surface area contributed by atoms with Crippen LogP contribution in [0, 0.1) is 0 Å². The van der Waals surface area contributed by atoms with Gasteiger partial charge in [0.15, 0.2) is 0 Å². The fourth-order valence-corrected chi connectivity index (χ4v) is 1.32. The number of nitrogens with one attached hydrogen (secondary N) is 1. The average molecular weight is 181 g/mol. The molecule has 0 heterocycles. The fourth-order valence-electron chi connectivity index (χ4n) is 1.32. The molecule has 0 unspecified atom stereocenters. The lowest BCUT2D eigenvalue weighted by Crippen LogP contribution is -2.32. The molecule has 0 aliphatic heterocycles. The van der Waals surface area contributed by atoms with E-state index in [4.69, 9.17) is 10.8 Å². The van der Waals surface area contributed by atoms with Crippen molar-refractivity contribution in [3.63, 3.8) is 0 Å². The molecule has 0 aromatic carbocycles. The van der Waals surface area contributed by atoms with Crippen molar-refractivity contribution in [2.75, 3.05) is 0 Å². The van der Waals surface area contributed by atoms with E-state index >= 15 is 0 Å². The van der Waals surface area contributed by atoms with Gasteiger partial charge in [0.05, 0.1) is 0 Å². The van der Waals surface area contributed by atoms with Crippen LogP contribution in [-0.2, 0) is 0 Å². The van der Waals surface area contributed by atoms with Crippen LogP contribution in [-0.4, -0.2) is 23.3 Å². The van der Waals surface area contributed by atoms with Gasteiger partial charge in [0.2, 0.25) is 0 Å². The van der Waals surface area contributed by atoms with E-state index in [2.05, 4.69) is 5.32 Å². The lowest BCUT2D eigenvalue weighted by molar-refractivity contribution is 0.190. The topological polar surface area (TPSA) is 75.3 Å². The predicted octanol–water partition coefficient (Wildman–Crippen LogP) is 0.556. The van der Waals surface area contributed by atoms with Crippen LogP contribution in [0.15, 0.2) is 0 Å². The van der Waals surface area contributed by atoms with Gasteiger partial charge in [-0.3, -0.25) is 0 Å². The summed E-state index contributed by atoms with van der Waals surface area (Å²) in [5.41, 5.74) is 5.57. The van der Waals surface area contributed by atoms with Crippen molar-refractivity contribution in [2.45, 2.75) is 31.3 Å². The number of hydrogen-bond acceptors (Lipinski definition) is 2. The zero-order valence-electron chi connectivity index (χ0n) is 6.12. The SMILES string of the molecule is Cl.N[C@@H]1CC[C@H](NC(=O)O)C1. The molecular formula is C6H13ClN2O2. The van der Waals surface area contributed by atoms with Gasteiger partial charge in [-0.05, 0) is 19.3 Å². The molecule has 0 radical (unpaired) electrons. The molecule has 66 valence electrons. The number of rotatable bonds is 1. The average Bonchev–Trinajstić information content (AvgIpc) is 2.13. The summed E-state index contributed by atoms with van der Waals surface area (Å²) in [6.45, 7) is 0. The second kappa shape index (κ2) is 4.41. The van der Waals surface area contributed by atoms with E-state index in [0.29, 0.717) is 0 Å². The van der Waals surface area contributed by atoms with Gasteiger partial charge in [0, 0.05) is 12.1 Å². The van der Waals surface area contributed by atoms with Gasteiger partial charge in [-0.2, -0.15) is 0 Å². The van der Waals surface area contributed by atoms with E-state index < -0.39 is 6.09 Å². The molecule has 1 amide bonds. The molecule has 1 rings (SSSR count). The Kier molecular flexibility index (Phi) is 4.22. The maximum Gasteiger partial charge on any atom is 0.404 e. The summed E-state index contributed by atoms with van der Waals surface area (Å²) in [5.74, 6) is 0. The van der Waals surface area contributed by atoms with Gasteiger partial charge in [-0.1, -0.05) is 0 Å². The van der Waals surface area contributed by atoms with Crippen LogP contribution < -0.4 is 11.1 Å². The Bertz CT molecular complexity index is 143. The van der Waals surface area contributed by atoms with Crippen molar-refractivity contribution < 1.29 is 9.90 Å². The molecule has 0 aromatic heterocycles. The molecule has 1 aliphatic carbocycles. The van der Waals surface area contributed by atoms with Crippen molar-refractivity contribution in [1.82, 2.24) is 5.32 Å². The first kappa shape index (κ1) is 10.5. The first-order chi connectivity index (χ1) is 4.68. The summed E-state index contributed by atoms with van der Waals surface area (Å²) in [7, 11) is 0. The maximum atomic E-state index is 10.1. The molecule has 1 aliphatic rings. The highest BCUT2D eigenvalue weighted by molar-refractivity contribution is 5.85. The third-order valence-electron chi connectivity index (χ3n) is 1.80. The summed E-state index contributed by atoms with van der Waals surface area (Å²) >= 11 is 0. The predicted molar refractivity (Wildman–Crippen MR) is 44.0 cm³/mol. The molecule has 5 heteroatoms. The highest BCUT2D eigenvalue weighted by atomic mass is 35.5. The second-order valence-electron chi connectivity index (χ2n) is 2.72. The van der Waals surface area contributed by atoms with E-state index in [1.807, 2.05) is 0 Å². The smallest absolute Gasteiger partial charge is 0.404 e. The van der Waals surface area contributed by atoms with Crippen LogP contribution >= 0.6 is 12.4 Å². The number of hydrogen-bond donors (Lipinski definition) is 3. The van der Waals surface area contributed by atoms with E-state index in [1.165, 1.54) is 0 Å². The summed E-state index contributed by atoms with van der Waals surface area (Å²) in [6.07, 6.45) is 1.66. The Morgan fingerprint density at radius 2 is 2.18 bits per heavy atom. The largest absolute Gasteiger partial charge is 0.465 e. The number of halogens is 1. The molecular weight excluding hydrogens is 168 g/mol. The quantitative estimate of drug-likeness (QED) is 0.552. The van der Waals surface area contributed by atoms with Crippen LogP contribution in [0.2, 0.25) is 0 Å². The van der Waals surface area contributed by atoms with Crippen LogP contribution in [0.5, 0.6) is 0 Å². The molecule has 0 spiro atoms. The highest BCUT2D eigenvalue weighted by Gasteiger charge is 2.22. The minimum absolute atomic E-state index is 0. The zero-order chi connectivity index (χ0) is 7.56.